The molecule has 0 N–H and O–H groups in total. The average molecular weight is 225 g/mol. The molecule has 2 nitrogen and oxygen atoms in total. The van der Waals surface area contributed by atoms with E-state index in [0.29, 0.717) is 0 Å². The van der Waals surface area contributed by atoms with Gasteiger partial charge in [-0.25, -0.2) is 0 Å². The monoisotopic (exact) mass is 225 g/mol. The summed E-state index contributed by atoms with van der Waals surface area (Å²) < 4.78 is 11.8. The van der Waals surface area contributed by atoms with Crippen molar-refractivity contribution in [3.63, 3.8) is 0 Å². The molecule has 0 bridgehead atoms. The van der Waals surface area contributed by atoms with E-state index in [1.807, 2.05) is 6.66 Å². The standard InChI is InChI=1S/C12H20NOP/c1-15(14)9-7-13(8-10-15)11-12-5-3-2-4-6-12/h3,5-6H,2,4,7-11H2,1H3. The van der Waals surface area contributed by atoms with Gasteiger partial charge >= 0.3 is 0 Å². The molecule has 1 aliphatic heterocycles. The largest absolute Gasteiger partial charge is 0.324 e. The summed E-state index contributed by atoms with van der Waals surface area (Å²) in [6.07, 6.45) is 11.0. The molecule has 0 aromatic heterocycles. The normalized spacial score (nSPS) is 26.3. The lowest BCUT2D eigenvalue weighted by atomic mass is 10.1. The highest BCUT2D eigenvalue weighted by molar-refractivity contribution is 7.63. The SMILES string of the molecule is CP1(=O)CCN(CC2=CCCC=C2)CC1. The third kappa shape index (κ3) is 3.32. The molecule has 0 unspecified atom stereocenters. The maximum absolute atomic E-state index is 11.8. The Balaban J connectivity index is 1.84. The van der Waals surface area contributed by atoms with Crippen molar-refractivity contribution < 1.29 is 4.57 Å². The molecule has 0 amide bonds. The number of hydrogen-bond donors (Lipinski definition) is 0. The first-order valence-electron chi connectivity index (χ1n) is 5.79. The minimum absolute atomic E-state index is 0.907. The van der Waals surface area contributed by atoms with Crippen LogP contribution in [0.1, 0.15) is 12.8 Å². The molecule has 1 fully saturated rings. The Morgan fingerprint density at radius 1 is 1.33 bits per heavy atom. The van der Waals surface area contributed by atoms with E-state index in [1.54, 1.807) is 0 Å². The van der Waals surface area contributed by atoms with Crippen molar-refractivity contribution in [3.8, 4) is 0 Å². The molecule has 0 radical (unpaired) electrons. The summed E-state index contributed by atoms with van der Waals surface area (Å²) in [5.41, 5.74) is 1.44. The molecule has 0 aromatic rings. The van der Waals surface area contributed by atoms with Crippen molar-refractivity contribution >= 4 is 7.14 Å². The van der Waals surface area contributed by atoms with E-state index in [2.05, 4.69) is 23.1 Å². The quantitative estimate of drug-likeness (QED) is 0.673. The summed E-state index contributed by atoms with van der Waals surface area (Å²) in [6, 6.07) is 0. The van der Waals surface area contributed by atoms with Crippen LogP contribution in [0.25, 0.3) is 0 Å². The molecule has 0 aromatic carbocycles. The van der Waals surface area contributed by atoms with Crippen LogP contribution in [0.3, 0.4) is 0 Å². The summed E-state index contributed by atoms with van der Waals surface area (Å²) in [4.78, 5) is 2.43. The second-order valence-corrected chi connectivity index (χ2v) is 8.27. The van der Waals surface area contributed by atoms with Crippen molar-refractivity contribution in [3.05, 3.63) is 23.8 Å². The van der Waals surface area contributed by atoms with Gasteiger partial charge in [0.2, 0.25) is 0 Å². The van der Waals surface area contributed by atoms with Gasteiger partial charge in [0.25, 0.3) is 0 Å². The molecule has 2 aliphatic rings. The van der Waals surface area contributed by atoms with E-state index in [-0.39, 0.29) is 0 Å². The Labute approximate surface area is 92.4 Å². The Kier molecular flexibility index (Phi) is 3.48. The molecule has 0 atom stereocenters. The van der Waals surface area contributed by atoms with Crippen LogP contribution in [-0.2, 0) is 4.57 Å². The summed E-state index contributed by atoms with van der Waals surface area (Å²) in [5, 5.41) is 0. The van der Waals surface area contributed by atoms with Gasteiger partial charge in [0.1, 0.15) is 0 Å². The fraction of sp³-hybridized carbons (Fsp3) is 0.667. The number of hydrogen-bond acceptors (Lipinski definition) is 2. The van der Waals surface area contributed by atoms with E-state index in [9.17, 15) is 4.57 Å². The number of allylic oxidation sites excluding steroid dienone is 2. The zero-order valence-electron chi connectivity index (χ0n) is 9.48. The van der Waals surface area contributed by atoms with Crippen molar-refractivity contribution in [2.75, 3.05) is 38.6 Å². The van der Waals surface area contributed by atoms with Gasteiger partial charge in [-0.05, 0) is 25.1 Å². The minimum Gasteiger partial charge on any atom is -0.324 e. The predicted octanol–water partition coefficient (Wildman–Crippen LogP) is 2.57. The predicted molar refractivity (Wildman–Crippen MR) is 66.2 cm³/mol. The van der Waals surface area contributed by atoms with E-state index in [4.69, 9.17) is 0 Å². The van der Waals surface area contributed by atoms with E-state index >= 15 is 0 Å². The average Bonchev–Trinajstić information content (AvgIpc) is 2.23. The van der Waals surface area contributed by atoms with Gasteiger partial charge in [-0.3, -0.25) is 4.90 Å². The van der Waals surface area contributed by atoms with Crippen LogP contribution in [0.5, 0.6) is 0 Å². The van der Waals surface area contributed by atoms with Crippen LogP contribution < -0.4 is 0 Å². The molecule has 0 spiro atoms. The Bertz CT molecular complexity index is 321. The van der Waals surface area contributed by atoms with Gasteiger partial charge in [-0.2, -0.15) is 0 Å². The first-order chi connectivity index (χ1) is 7.16. The summed E-state index contributed by atoms with van der Waals surface area (Å²) in [7, 11) is -1.76. The highest BCUT2D eigenvalue weighted by Gasteiger charge is 2.23. The number of nitrogens with zero attached hydrogens (tertiary/aromatic N) is 1. The van der Waals surface area contributed by atoms with Gasteiger partial charge in [0.05, 0.1) is 7.14 Å². The Hall–Kier alpha value is -0.330. The molecule has 1 saturated heterocycles. The van der Waals surface area contributed by atoms with E-state index in [0.717, 1.165) is 32.0 Å². The topological polar surface area (TPSA) is 20.3 Å². The zero-order valence-corrected chi connectivity index (χ0v) is 10.4. The zero-order chi connectivity index (χ0) is 10.7. The van der Waals surface area contributed by atoms with Gasteiger partial charge in [0.15, 0.2) is 0 Å². The van der Waals surface area contributed by atoms with Crippen LogP contribution in [0.4, 0.5) is 0 Å². The molecular weight excluding hydrogens is 205 g/mol. The maximum atomic E-state index is 11.8. The van der Waals surface area contributed by atoms with Gasteiger partial charge in [-0.15, -0.1) is 0 Å². The third-order valence-corrected chi connectivity index (χ3v) is 5.55. The second-order valence-electron chi connectivity index (χ2n) is 4.78. The van der Waals surface area contributed by atoms with E-state index < -0.39 is 7.14 Å². The number of rotatable bonds is 2. The molecule has 84 valence electrons. The Morgan fingerprint density at radius 3 is 2.67 bits per heavy atom. The van der Waals surface area contributed by atoms with Crippen LogP contribution in [-0.4, -0.2) is 43.5 Å². The van der Waals surface area contributed by atoms with Gasteiger partial charge in [0, 0.05) is 32.0 Å². The molecule has 3 heteroatoms. The molecular formula is C12H20NOP. The Morgan fingerprint density at radius 2 is 2.07 bits per heavy atom. The van der Waals surface area contributed by atoms with Crippen molar-refractivity contribution in [1.29, 1.82) is 0 Å². The van der Waals surface area contributed by atoms with Crippen molar-refractivity contribution in [2.24, 2.45) is 0 Å². The molecule has 15 heavy (non-hydrogen) atoms. The van der Waals surface area contributed by atoms with Crippen LogP contribution in [0.2, 0.25) is 0 Å². The summed E-state index contributed by atoms with van der Waals surface area (Å²) in [5.74, 6) is 0. The summed E-state index contributed by atoms with van der Waals surface area (Å²) in [6.45, 7) is 5.03. The molecule has 2 rings (SSSR count). The lowest BCUT2D eigenvalue weighted by Crippen LogP contribution is -2.35. The highest BCUT2D eigenvalue weighted by atomic mass is 31.2. The fourth-order valence-corrected chi connectivity index (χ4v) is 3.77. The highest BCUT2D eigenvalue weighted by Crippen LogP contribution is 2.42. The van der Waals surface area contributed by atoms with E-state index in [1.165, 1.54) is 18.4 Å². The lowest BCUT2D eigenvalue weighted by molar-refractivity contribution is 0.321. The van der Waals surface area contributed by atoms with Crippen molar-refractivity contribution in [2.45, 2.75) is 12.8 Å². The van der Waals surface area contributed by atoms with Crippen LogP contribution in [0, 0.1) is 0 Å². The first kappa shape index (κ1) is 11.2. The smallest absolute Gasteiger partial charge is 0.0873 e. The van der Waals surface area contributed by atoms with Crippen molar-refractivity contribution in [1.82, 2.24) is 4.90 Å². The summed E-state index contributed by atoms with van der Waals surface area (Å²) >= 11 is 0. The van der Waals surface area contributed by atoms with Crippen LogP contribution in [0.15, 0.2) is 23.8 Å². The first-order valence-corrected chi connectivity index (χ1v) is 8.32. The van der Waals surface area contributed by atoms with Gasteiger partial charge in [-0.1, -0.05) is 18.2 Å². The molecule has 0 saturated carbocycles. The fourth-order valence-electron chi connectivity index (χ4n) is 2.13. The minimum atomic E-state index is -1.76. The molecule has 1 aliphatic carbocycles. The lowest BCUT2D eigenvalue weighted by Gasteiger charge is -2.30. The third-order valence-electron chi connectivity index (χ3n) is 3.26. The maximum Gasteiger partial charge on any atom is 0.0873 e. The second kappa shape index (κ2) is 4.67. The van der Waals surface area contributed by atoms with Crippen LogP contribution >= 0.6 is 7.14 Å². The van der Waals surface area contributed by atoms with Gasteiger partial charge < -0.3 is 4.57 Å². The molecule has 1 heterocycles.